The molecule has 2 atom stereocenters. The molecule has 0 amide bonds. The molecule has 5 heterocycles. The molecular weight excluding hydrogens is 640 g/mol. The number of carboxylic acids is 1. The number of rotatable bonds is 6. The molecule has 0 saturated carbocycles. The zero-order valence-corrected chi connectivity index (χ0v) is 25.4. The lowest BCUT2D eigenvalue weighted by Crippen LogP contribution is -2.45. The zero-order chi connectivity index (χ0) is 32.3. The minimum atomic E-state index is -4.75. The second-order valence-corrected chi connectivity index (χ2v) is 13.5. The van der Waals surface area contributed by atoms with E-state index in [-0.39, 0.29) is 40.5 Å². The highest BCUT2D eigenvalue weighted by molar-refractivity contribution is 7.89. The number of carboxylic acid groups (broad SMARTS) is 1. The van der Waals surface area contributed by atoms with Crippen LogP contribution in [0.2, 0.25) is 5.02 Å². The van der Waals surface area contributed by atoms with Crippen LogP contribution in [0, 0.1) is 12.7 Å². The van der Waals surface area contributed by atoms with Crippen LogP contribution in [0.15, 0.2) is 47.6 Å². The molecule has 1 unspecified atom stereocenters. The Bertz CT molecular complexity index is 1920. The average molecular weight is 667 g/mol. The quantitative estimate of drug-likeness (QED) is 0.271. The first kappa shape index (κ1) is 31.2. The van der Waals surface area contributed by atoms with E-state index in [2.05, 4.69) is 15.2 Å². The monoisotopic (exact) mass is 666 g/mol. The van der Waals surface area contributed by atoms with Crippen molar-refractivity contribution in [1.29, 1.82) is 0 Å². The largest absolute Gasteiger partial charge is 0.481 e. The number of halogens is 5. The van der Waals surface area contributed by atoms with E-state index in [1.54, 1.807) is 12.1 Å². The number of pyridine rings is 2. The summed E-state index contributed by atoms with van der Waals surface area (Å²) in [6.07, 6.45) is -0.582. The second-order valence-electron chi connectivity index (χ2n) is 11.2. The molecule has 1 aromatic carbocycles. The predicted octanol–water partition coefficient (Wildman–Crippen LogP) is 5.41. The first-order valence-corrected chi connectivity index (χ1v) is 15.9. The van der Waals surface area contributed by atoms with E-state index in [9.17, 15) is 35.9 Å². The summed E-state index contributed by atoms with van der Waals surface area (Å²) < 4.78 is 84.6. The molecule has 2 aliphatic heterocycles. The van der Waals surface area contributed by atoms with Crippen LogP contribution in [-0.4, -0.2) is 62.5 Å². The number of aromatic nitrogens is 4. The van der Waals surface area contributed by atoms with Crippen molar-refractivity contribution in [3.8, 4) is 0 Å². The van der Waals surface area contributed by atoms with Gasteiger partial charge in [0.1, 0.15) is 16.5 Å². The van der Waals surface area contributed by atoms with Crippen molar-refractivity contribution >= 4 is 39.1 Å². The number of aliphatic carboxylic acids is 1. The lowest BCUT2D eigenvalue weighted by Gasteiger charge is -2.36. The molecule has 2 aliphatic rings. The number of alkyl halides is 3. The molecule has 0 radical (unpaired) electrons. The molecular formula is C29H27ClF4N6O4S. The van der Waals surface area contributed by atoms with E-state index in [0.717, 1.165) is 35.7 Å². The van der Waals surface area contributed by atoms with Crippen LogP contribution in [0.4, 0.5) is 23.4 Å². The molecule has 0 bridgehead atoms. The summed E-state index contributed by atoms with van der Waals surface area (Å²) in [4.78, 5) is 17.8. The zero-order valence-electron chi connectivity index (χ0n) is 23.8. The first-order chi connectivity index (χ1) is 21.3. The molecule has 1 N–H and O–H groups in total. The number of hydrogen-bond acceptors (Lipinski definition) is 7. The normalized spacial score (nSPS) is 19.2. The molecule has 0 spiro atoms. The van der Waals surface area contributed by atoms with Crippen molar-refractivity contribution in [2.75, 3.05) is 18.0 Å². The Hall–Kier alpha value is -3.82. The Kier molecular flexibility index (Phi) is 7.98. The predicted molar refractivity (Wildman–Crippen MR) is 155 cm³/mol. The fourth-order valence-electron chi connectivity index (χ4n) is 6.28. The Morgan fingerprint density at radius 1 is 1.18 bits per heavy atom. The smallest absolute Gasteiger partial charge is 0.452 e. The van der Waals surface area contributed by atoms with E-state index in [1.807, 2.05) is 4.90 Å². The van der Waals surface area contributed by atoms with Gasteiger partial charge in [-0.1, -0.05) is 23.7 Å². The van der Waals surface area contributed by atoms with Crippen molar-refractivity contribution in [2.45, 2.75) is 62.2 Å². The van der Waals surface area contributed by atoms with Gasteiger partial charge < -0.3 is 10.0 Å². The highest BCUT2D eigenvalue weighted by atomic mass is 35.5. The number of sulfonamides is 1. The standard InChI is InChI=1S/C29H27ClF4N6O4S/c1-16-21(7-9-40-26(16)36-37-28(40)29(32,33)34)22(12-25(41)42)17-5-6-23(30)18(10-17)14-38-15-20-4-2-3-8-39(20)27-24(45(38,43)44)11-19(31)13-35-27/h5-7,9-11,13,20,22H,2-4,8,12,14-15H2,1H3,(H,41,42)/t20?,22-/m1/s1. The topological polar surface area (TPSA) is 121 Å². The van der Waals surface area contributed by atoms with E-state index < -0.39 is 46.1 Å². The lowest BCUT2D eigenvalue weighted by molar-refractivity contribution is -0.145. The van der Waals surface area contributed by atoms with Crippen LogP contribution < -0.4 is 4.90 Å². The Balaban J connectivity index is 1.41. The lowest BCUT2D eigenvalue weighted by atomic mass is 9.86. The van der Waals surface area contributed by atoms with Gasteiger partial charge >= 0.3 is 12.1 Å². The highest BCUT2D eigenvalue weighted by Crippen LogP contribution is 2.39. The molecule has 45 heavy (non-hydrogen) atoms. The van der Waals surface area contributed by atoms with Crippen molar-refractivity contribution in [3.63, 3.8) is 0 Å². The summed E-state index contributed by atoms with van der Waals surface area (Å²) in [5.74, 6) is -3.79. The van der Waals surface area contributed by atoms with Gasteiger partial charge in [0.15, 0.2) is 5.65 Å². The molecule has 0 aliphatic carbocycles. The van der Waals surface area contributed by atoms with E-state index in [4.69, 9.17) is 11.6 Å². The van der Waals surface area contributed by atoms with Gasteiger partial charge in [-0.05, 0) is 66.6 Å². The summed E-state index contributed by atoms with van der Waals surface area (Å²) in [5, 5.41) is 17.0. The van der Waals surface area contributed by atoms with Gasteiger partial charge in [0.05, 0.1) is 12.6 Å². The van der Waals surface area contributed by atoms with Crippen molar-refractivity contribution in [3.05, 3.63) is 81.6 Å². The Morgan fingerprint density at radius 2 is 1.96 bits per heavy atom. The van der Waals surface area contributed by atoms with Gasteiger partial charge in [0.2, 0.25) is 15.8 Å². The van der Waals surface area contributed by atoms with E-state index in [1.165, 1.54) is 23.4 Å². The summed E-state index contributed by atoms with van der Waals surface area (Å²) in [7, 11) is -4.23. The average Bonchev–Trinajstić information content (AvgIpc) is 3.40. The van der Waals surface area contributed by atoms with Gasteiger partial charge in [-0.3, -0.25) is 9.20 Å². The summed E-state index contributed by atoms with van der Waals surface area (Å²) in [6.45, 7) is 2.03. The number of anilines is 1. The summed E-state index contributed by atoms with van der Waals surface area (Å²) in [6, 6.07) is 6.90. The van der Waals surface area contributed by atoms with Gasteiger partial charge in [0, 0.05) is 42.8 Å². The van der Waals surface area contributed by atoms with Crippen LogP contribution in [0.5, 0.6) is 0 Å². The minimum Gasteiger partial charge on any atom is -0.481 e. The first-order valence-electron chi connectivity index (χ1n) is 14.1. The molecule has 4 aromatic rings. The van der Waals surface area contributed by atoms with Gasteiger partial charge in [-0.15, -0.1) is 10.2 Å². The number of aryl methyl sites for hydroxylation is 1. The molecule has 238 valence electrons. The third-order valence-electron chi connectivity index (χ3n) is 8.42. The maximum Gasteiger partial charge on any atom is 0.452 e. The van der Waals surface area contributed by atoms with Crippen LogP contribution >= 0.6 is 11.6 Å². The van der Waals surface area contributed by atoms with Crippen molar-refractivity contribution < 1.29 is 35.9 Å². The fraction of sp³-hybridized carbons (Fsp3) is 0.379. The maximum atomic E-state index is 14.3. The third kappa shape index (κ3) is 5.72. The van der Waals surface area contributed by atoms with Crippen LogP contribution in [0.25, 0.3) is 5.65 Å². The molecule has 16 heteroatoms. The van der Waals surface area contributed by atoms with E-state index in [0.29, 0.717) is 35.2 Å². The summed E-state index contributed by atoms with van der Waals surface area (Å²) in [5.41, 5.74) is 1.48. The molecule has 10 nitrogen and oxygen atoms in total. The van der Waals surface area contributed by atoms with Crippen molar-refractivity contribution in [1.82, 2.24) is 23.9 Å². The Labute approximate surface area is 260 Å². The van der Waals surface area contributed by atoms with Crippen LogP contribution in [-0.2, 0) is 27.5 Å². The molecule has 6 rings (SSSR count). The van der Waals surface area contributed by atoms with Gasteiger partial charge in [-0.2, -0.15) is 17.5 Å². The fourth-order valence-corrected chi connectivity index (χ4v) is 8.08. The number of piperidine rings is 1. The van der Waals surface area contributed by atoms with Crippen LogP contribution in [0.1, 0.15) is 59.7 Å². The van der Waals surface area contributed by atoms with Gasteiger partial charge in [0.25, 0.3) is 0 Å². The number of nitrogens with zero attached hydrogens (tertiary/aromatic N) is 6. The number of carbonyl (C=O) groups is 1. The van der Waals surface area contributed by atoms with E-state index >= 15 is 0 Å². The van der Waals surface area contributed by atoms with Crippen LogP contribution in [0.3, 0.4) is 0 Å². The summed E-state index contributed by atoms with van der Waals surface area (Å²) >= 11 is 6.57. The number of benzene rings is 1. The van der Waals surface area contributed by atoms with Crippen molar-refractivity contribution in [2.24, 2.45) is 0 Å². The molecule has 1 fully saturated rings. The number of hydrogen-bond donors (Lipinski definition) is 1. The third-order valence-corrected chi connectivity index (χ3v) is 10.6. The maximum absolute atomic E-state index is 14.3. The Morgan fingerprint density at radius 3 is 2.69 bits per heavy atom. The SMILES string of the molecule is Cc1c([C@H](CC(=O)O)c2ccc(Cl)c(CN3CC4CCCCN4c4ncc(F)cc4S3(=O)=O)c2)ccn2c(C(F)(F)F)nnc12. The van der Waals surface area contributed by atoms with Gasteiger partial charge in [-0.25, -0.2) is 17.8 Å². The molecule has 3 aromatic heterocycles. The molecule has 1 saturated heterocycles. The number of fused-ring (bicyclic) bond motifs is 4. The second kappa shape index (κ2) is 11.5. The minimum absolute atomic E-state index is 0.0726. The highest BCUT2D eigenvalue weighted by Gasteiger charge is 2.40.